The highest BCUT2D eigenvalue weighted by atomic mass is 79.9. The first-order chi connectivity index (χ1) is 10.1. The zero-order chi connectivity index (χ0) is 14.9. The molecule has 4 nitrogen and oxygen atoms in total. The molecule has 1 aliphatic rings. The lowest BCUT2D eigenvalue weighted by atomic mass is 9.82. The SMILES string of the molecule is CCCC1(c2nc(-c3ccc(C)c(Br)c3)no2)CCNC1. The van der Waals surface area contributed by atoms with Gasteiger partial charge in [-0.1, -0.05) is 46.6 Å². The van der Waals surface area contributed by atoms with Crippen molar-refractivity contribution in [2.75, 3.05) is 13.1 Å². The van der Waals surface area contributed by atoms with Gasteiger partial charge in [0.25, 0.3) is 0 Å². The van der Waals surface area contributed by atoms with Crippen LogP contribution in [0.2, 0.25) is 0 Å². The quantitative estimate of drug-likeness (QED) is 0.910. The molecule has 0 amide bonds. The van der Waals surface area contributed by atoms with E-state index in [2.05, 4.69) is 51.3 Å². The highest BCUT2D eigenvalue weighted by molar-refractivity contribution is 9.10. The van der Waals surface area contributed by atoms with Crippen LogP contribution in [0.1, 0.15) is 37.6 Å². The second-order valence-corrected chi connectivity index (χ2v) is 6.70. The molecule has 1 unspecified atom stereocenters. The fourth-order valence-corrected chi connectivity index (χ4v) is 3.39. The standard InChI is InChI=1S/C16H20BrN3O/c1-3-6-16(7-8-18-10-16)15-19-14(20-21-15)12-5-4-11(2)13(17)9-12/h4-5,9,18H,3,6-8,10H2,1-2H3. The lowest BCUT2D eigenvalue weighted by Crippen LogP contribution is -2.29. The van der Waals surface area contributed by atoms with Crippen LogP contribution < -0.4 is 5.32 Å². The van der Waals surface area contributed by atoms with Gasteiger partial charge in [0.1, 0.15) is 0 Å². The molecule has 5 heteroatoms. The van der Waals surface area contributed by atoms with Crippen LogP contribution >= 0.6 is 15.9 Å². The van der Waals surface area contributed by atoms with Gasteiger partial charge in [0, 0.05) is 16.6 Å². The molecular weight excluding hydrogens is 330 g/mol. The van der Waals surface area contributed by atoms with E-state index in [1.165, 1.54) is 5.56 Å². The largest absolute Gasteiger partial charge is 0.338 e. The number of aromatic nitrogens is 2. The minimum absolute atomic E-state index is 0.0158. The number of halogens is 1. The molecule has 1 fully saturated rings. The van der Waals surface area contributed by atoms with E-state index < -0.39 is 0 Å². The van der Waals surface area contributed by atoms with Crippen molar-refractivity contribution in [1.29, 1.82) is 0 Å². The first-order valence-corrected chi connectivity index (χ1v) is 8.25. The molecule has 1 saturated heterocycles. The second-order valence-electron chi connectivity index (χ2n) is 5.84. The lowest BCUT2D eigenvalue weighted by Gasteiger charge is -2.22. The maximum absolute atomic E-state index is 5.61. The summed E-state index contributed by atoms with van der Waals surface area (Å²) in [6, 6.07) is 6.14. The topological polar surface area (TPSA) is 51.0 Å². The summed E-state index contributed by atoms with van der Waals surface area (Å²) in [6.07, 6.45) is 3.27. The molecule has 0 spiro atoms. The molecule has 2 heterocycles. The third kappa shape index (κ3) is 2.77. The van der Waals surface area contributed by atoms with Crippen LogP contribution in [0.4, 0.5) is 0 Å². The molecule has 1 aromatic heterocycles. The molecule has 21 heavy (non-hydrogen) atoms. The number of nitrogens with zero attached hydrogens (tertiary/aromatic N) is 2. The molecule has 1 aliphatic heterocycles. The fourth-order valence-electron chi connectivity index (χ4n) is 3.01. The summed E-state index contributed by atoms with van der Waals surface area (Å²) in [6.45, 7) is 6.22. The highest BCUT2D eigenvalue weighted by Crippen LogP contribution is 2.35. The van der Waals surface area contributed by atoms with Crippen LogP contribution in [0.3, 0.4) is 0 Å². The van der Waals surface area contributed by atoms with Gasteiger partial charge in [-0.05, 0) is 37.9 Å². The highest BCUT2D eigenvalue weighted by Gasteiger charge is 2.40. The molecule has 1 N–H and O–H groups in total. The fraction of sp³-hybridized carbons (Fsp3) is 0.500. The Kier molecular flexibility index (Phi) is 4.13. The molecule has 1 aromatic carbocycles. The Bertz CT molecular complexity index is 632. The van der Waals surface area contributed by atoms with Crippen molar-refractivity contribution in [2.24, 2.45) is 0 Å². The summed E-state index contributed by atoms with van der Waals surface area (Å²) in [5.74, 6) is 1.45. The molecule has 0 radical (unpaired) electrons. The van der Waals surface area contributed by atoms with E-state index in [1.54, 1.807) is 0 Å². The Hall–Kier alpha value is -1.20. The van der Waals surface area contributed by atoms with E-state index in [0.717, 1.165) is 48.3 Å². The van der Waals surface area contributed by atoms with Crippen LogP contribution in [-0.2, 0) is 5.41 Å². The maximum atomic E-state index is 5.61. The Morgan fingerprint density at radius 1 is 1.43 bits per heavy atom. The van der Waals surface area contributed by atoms with Gasteiger partial charge in [-0.15, -0.1) is 0 Å². The molecule has 3 rings (SSSR count). The predicted molar refractivity (Wildman–Crippen MR) is 86.2 cm³/mol. The van der Waals surface area contributed by atoms with E-state index in [-0.39, 0.29) is 5.41 Å². The molecule has 0 bridgehead atoms. The first-order valence-electron chi connectivity index (χ1n) is 7.46. The van der Waals surface area contributed by atoms with E-state index in [1.807, 2.05) is 12.1 Å². The molecular formula is C16H20BrN3O. The molecule has 0 aliphatic carbocycles. The zero-order valence-electron chi connectivity index (χ0n) is 12.4. The third-order valence-electron chi connectivity index (χ3n) is 4.28. The summed E-state index contributed by atoms with van der Waals surface area (Å²) in [4.78, 5) is 4.69. The average Bonchev–Trinajstić information content (AvgIpc) is 3.12. The van der Waals surface area contributed by atoms with Gasteiger partial charge >= 0.3 is 0 Å². The molecule has 0 saturated carbocycles. The number of nitrogens with one attached hydrogen (secondary N) is 1. The normalized spacial score (nSPS) is 21.9. The van der Waals surface area contributed by atoms with Gasteiger partial charge in [-0.2, -0.15) is 4.98 Å². The Morgan fingerprint density at radius 3 is 2.95 bits per heavy atom. The van der Waals surface area contributed by atoms with Gasteiger partial charge in [-0.25, -0.2) is 0 Å². The minimum Gasteiger partial charge on any atom is -0.338 e. The summed E-state index contributed by atoms with van der Waals surface area (Å²) in [7, 11) is 0. The predicted octanol–water partition coefficient (Wildman–Crippen LogP) is 3.84. The third-order valence-corrected chi connectivity index (χ3v) is 5.14. The zero-order valence-corrected chi connectivity index (χ0v) is 14.0. The smallest absolute Gasteiger partial charge is 0.234 e. The van der Waals surface area contributed by atoms with Crippen LogP contribution in [0.5, 0.6) is 0 Å². The maximum Gasteiger partial charge on any atom is 0.234 e. The monoisotopic (exact) mass is 349 g/mol. The Balaban J connectivity index is 1.93. The summed E-state index contributed by atoms with van der Waals surface area (Å²) in [5, 5.41) is 7.62. The summed E-state index contributed by atoms with van der Waals surface area (Å²) < 4.78 is 6.68. The minimum atomic E-state index is 0.0158. The van der Waals surface area contributed by atoms with Gasteiger partial charge in [0.15, 0.2) is 0 Å². The van der Waals surface area contributed by atoms with E-state index in [9.17, 15) is 0 Å². The molecule has 1 atom stereocenters. The van der Waals surface area contributed by atoms with Crippen molar-refractivity contribution >= 4 is 15.9 Å². The number of hydrogen-bond donors (Lipinski definition) is 1. The van der Waals surface area contributed by atoms with Gasteiger partial charge in [0.05, 0.1) is 5.41 Å². The average molecular weight is 350 g/mol. The van der Waals surface area contributed by atoms with Crippen molar-refractivity contribution in [3.05, 3.63) is 34.1 Å². The summed E-state index contributed by atoms with van der Waals surface area (Å²) in [5.41, 5.74) is 2.20. The number of hydrogen-bond acceptors (Lipinski definition) is 4. The second kappa shape index (κ2) is 5.89. The van der Waals surface area contributed by atoms with Crippen molar-refractivity contribution < 1.29 is 4.52 Å². The molecule has 112 valence electrons. The lowest BCUT2D eigenvalue weighted by molar-refractivity contribution is 0.277. The van der Waals surface area contributed by atoms with Crippen molar-refractivity contribution in [3.63, 3.8) is 0 Å². The van der Waals surface area contributed by atoms with E-state index >= 15 is 0 Å². The van der Waals surface area contributed by atoms with E-state index in [4.69, 9.17) is 4.52 Å². The first kappa shape index (κ1) is 14.7. The van der Waals surface area contributed by atoms with Crippen LogP contribution in [0.25, 0.3) is 11.4 Å². The Labute approximate surface area is 133 Å². The van der Waals surface area contributed by atoms with E-state index in [0.29, 0.717) is 5.82 Å². The van der Waals surface area contributed by atoms with Crippen LogP contribution in [0.15, 0.2) is 27.2 Å². The van der Waals surface area contributed by atoms with Crippen molar-refractivity contribution in [1.82, 2.24) is 15.5 Å². The van der Waals surface area contributed by atoms with Gasteiger partial charge in [-0.3, -0.25) is 0 Å². The Morgan fingerprint density at radius 2 is 2.29 bits per heavy atom. The van der Waals surface area contributed by atoms with Crippen molar-refractivity contribution in [2.45, 2.75) is 38.5 Å². The number of benzene rings is 1. The molecule has 2 aromatic rings. The number of rotatable bonds is 4. The van der Waals surface area contributed by atoms with Crippen LogP contribution in [0, 0.1) is 6.92 Å². The van der Waals surface area contributed by atoms with Gasteiger partial charge < -0.3 is 9.84 Å². The van der Waals surface area contributed by atoms with Crippen molar-refractivity contribution in [3.8, 4) is 11.4 Å². The summed E-state index contributed by atoms with van der Waals surface area (Å²) >= 11 is 3.56. The van der Waals surface area contributed by atoms with Crippen LogP contribution in [-0.4, -0.2) is 23.2 Å². The number of aryl methyl sites for hydroxylation is 1. The van der Waals surface area contributed by atoms with Gasteiger partial charge in [0.2, 0.25) is 11.7 Å².